The summed E-state index contributed by atoms with van der Waals surface area (Å²) in [6.07, 6.45) is 6.48. The number of rotatable bonds is 2. The number of anilines is 1. The monoisotopic (exact) mass is 239 g/mol. The molecule has 2 N–H and O–H groups in total. The number of pyridine rings is 1. The van der Waals surface area contributed by atoms with E-state index >= 15 is 0 Å². The largest absolute Gasteiger partial charge is 0.380 e. The van der Waals surface area contributed by atoms with Crippen LogP contribution in [0, 0.1) is 5.92 Å². The van der Waals surface area contributed by atoms with Crippen molar-refractivity contribution in [3.05, 3.63) is 36.7 Å². The fourth-order valence-corrected chi connectivity index (χ4v) is 3.49. The van der Waals surface area contributed by atoms with Crippen LogP contribution < -0.4 is 10.6 Å². The van der Waals surface area contributed by atoms with Gasteiger partial charge in [0.2, 0.25) is 0 Å². The highest BCUT2D eigenvalue weighted by molar-refractivity contribution is 5.93. The van der Waals surface area contributed by atoms with Gasteiger partial charge in [0, 0.05) is 47.5 Å². The zero-order valence-electron chi connectivity index (χ0n) is 10.3. The molecule has 2 aliphatic rings. The van der Waals surface area contributed by atoms with Crippen LogP contribution in [-0.4, -0.2) is 23.6 Å². The summed E-state index contributed by atoms with van der Waals surface area (Å²) >= 11 is 0. The first kappa shape index (κ1) is 10.3. The number of aromatic nitrogens is 1. The van der Waals surface area contributed by atoms with E-state index in [9.17, 15) is 0 Å². The van der Waals surface area contributed by atoms with E-state index in [4.69, 9.17) is 0 Å². The number of fused-ring (bicyclic) bond motifs is 3. The van der Waals surface area contributed by atoms with Crippen molar-refractivity contribution in [1.29, 1.82) is 0 Å². The zero-order chi connectivity index (χ0) is 11.9. The molecular weight excluding hydrogens is 222 g/mol. The van der Waals surface area contributed by atoms with Crippen LogP contribution in [0.4, 0.5) is 5.69 Å². The fraction of sp³-hybridized carbons (Fsp3) is 0.400. The van der Waals surface area contributed by atoms with Gasteiger partial charge in [-0.1, -0.05) is 12.1 Å². The molecule has 1 saturated carbocycles. The maximum Gasteiger partial charge on any atom is 0.0455 e. The lowest BCUT2D eigenvalue weighted by atomic mass is 10.0. The Balaban J connectivity index is 1.71. The Morgan fingerprint density at radius 3 is 3.00 bits per heavy atom. The summed E-state index contributed by atoms with van der Waals surface area (Å²) in [5.41, 5.74) is 1.25. The van der Waals surface area contributed by atoms with Crippen LogP contribution in [0.25, 0.3) is 10.8 Å². The van der Waals surface area contributed by atoms with Crippen molar-refractivity contribution in [2.45, 2.75) is 24.9 Å². The molecule has 3 nitrogen and oxygen atoms in total. The standard InChI is InChI=1S/C15H17N3/c1-2-10-8-16-7-6-12(10)13(3-1)18-15-11-4-5-14(15)17-9-11/h1-3,6-8,11,14-15,17-18H,4-5,9H2. The van der Waals surface area contributed by atoms with Crippen molar-refractivity contribution in [1.82, 2.24) is 10.3 Å². The molecule has 3 heteroatoms. The molecule has 4 rings (SSSR count). The average molecular weight is 239 g/mol. The summed E-state index contributed by atoms with van der Waals surface area (Å²) in [4.78, 5) is 4.19. The third-order valence-corrected chi connectivity index (χ3v) is 4.43. The van der Waals surface area contributed by atoms with E-state index in [1.807, 2.05) is 12.4 Å². The zero-order valence-corrected chi connectivity index (χ0v) is 10.3. The summed E-state index contributed by atoms with van der Waals surface area (Å²) in [6, 6.07) is 9.77. The van der Waals surface area contributed by atoms with Crippen molar-refractivity contribution in [3.63, 3.8) is 0 Å². The van der Waals surface area contributed by atoms with E-state index in [1.54, 1.807) is 0 Å². The Kier molecular flexibility index (Phi) is 2.27. The topological polar surface area (TPSA) is 37.0 Å². The predicted octanol–water partition coefficient (Wildman–Crippen LogP) is 2.40. The quantitative estimate of drug-likeness (QED) is 0.845. The normalized spacial score (nSPS) is 29.9. The van der Waals surface area contributed by atoms with Gasteiger partial charge in [-0.2, -0.15) is 0 Å². The minimum absolute atomic E-state index is 0.601. The molecule has 0 radical (unpaired) electrons. The molecule has 2 bridgehead atoms. The summed E-state index contributed by atoms with van der Waals surface area (Å²) in [5, 5.41) is 9.84. The van der Waals surface area contributed by atoms with Crippen LogP contribution in [0.3, 0.4) is 0 Å². The molecule has 1 aromatic heterocycles. The van der Waals surface area contributed by atoms with Gasteiger partial charge < -0.3 is 10.6 Å². The van der Waals surface area contributed by atoms with E-state index in [-0.39, 0.29) is 0 Å². The molecule has 1 aromatic carbocycles. The first-order valence-corrected chi connectivity index (χ1v) is 6.74. The lowest BCUT2D eigenvalue weighted by Gasteiger charge is -2.19. The van der Waals surface area contributed by atoms with Crippen molar-refractivity contribution in [3.8, 4) is 0 Å². The first-order chi connectivity index (χ1) is 8.92. The minimum Gasteiger partial charge on any atom is -0.380 e. The van der Waals surface area contributed by atoms with Crippen LogP contribution in [0.1, 0.15) is 12.8 Å². The van der Waals surface area contributed by atoms with Crippen LogP contribution in [0.2, 0.25) is 0 Å². The van der Waals surface area contributed by atoms with Crippen molar-refractivity contribution in [2.75, 3.05) is 11.9 Å². The highest BCUT2D eigenvalue weighted by Crippen LogP contribution is 2.35. The molecule has 1 aliphatic heterocycles. The lowest BCUT2D eigenvalue weighted by Crippen LogP contribution is -2.32. The van der Waals surface area contributed by atoms with Crippen LogP contribution in [0.15, 0.2) is 36.7 Å². The van der Waals surface area contributed by atoms with Gasteiger partial charge in [0.25, 0.3) is 0 Å². The Hall–Kier alpha value is -1.61. The molecule has 2 aromatic rings. The maximum atomic E-state index is 4.19. The SMILES string of the molecule is c1cc(NC2C3CCC2NC3)c2ccncc2c1. The van der Waals surface area contributed by atoms with Gasteiger partial charge in [-0.3, -0.25) is 4.98 Å². The predicted molar refractivity (Wildman–Crippen MR) is 73.7 cm³/mol. The number of hydrogen-bond acceptors (Lipinski definition) is 3. The van der Waals surface area contributed by atoms with E-state index in [1.165, 1.54) is 35.8 Å². The third-order valence-electron chi connectivity index (χ3n) is 4.43. The molecule has 18 heavy (non-hydrogen) atoms. The highest BCUT2D eigenvalue weighted by Gasteiger charge is 2.41. The summed E-state index contributed by atoms with van der Waals surface area (Å²) in [6.45, 7) is 1.18. The second-order valence-corrected chi connectivity index (χ2v) is 5.42. The second-order valence-electron chi connectivity index (χ2n) is 5.42. The maximum absolute atomic E-state index is 4.19. The van der Waals surface area contributed by atoms with Gasteiger partial charge in [-0.25, -0.2) is 0 Å². The molecule has 0 spiro atoms. The molecule has 0 amide bonds. The van der Waals surface area contributed by atoms with Gasteiger partial charge in [0.15, 0.2) is 0 Å². The Labute approximate surface area is 107 Å². The van der Waals surface area contributed by atoms with Crippen LogP contribution >= 0.6 is 0 Å². The Bertz CT molecular complexity index is 555. The van der Waals surface area contributed by atoms with Gasteiger partial charge in [-0.15, -0.1) is 0 Å². The van der Waals surface area contributed by atoms with E-state index in [2.05, 4.69) is 39.9 Å². The smallest absolute Gasteiger partial charge is 0.0455 e. The number of hydrogen-bond donors (Lipinski definition) is 2. The second kappa shape index (κ2) is 3.95. The molecular formula is C15H17N3. The van der Waals surface area contributed by atoms with E-state index < -0.39 is 0 Å². The van der Waals surface area contributed by atoms with Crippen LogP contribution in [-0.2, 0) is 0 Å². The van der Waals surface area contributed by atoms with Crippen molar-refractivity contribution < 1.29 is 0 Å². The summed E-state index contributed by atoms with van der Waals surface area (Å²) in [5.74, 6) is 0.798. The average Bonchev–Trinajstić information content (AvgIpc) is 2.99. The van der Waals surface area contributed by atoms with E-state index in [0.717, 1.165) is 5.92 Å². The minimum atomic E-state index is 0.601. The third kappa shape index (κ3) is 1.51. The van der Waals surface area contributed by atoms with Crippen molar-refractivity contribution >= 4 is 16.5 Å². The summed E-state index contributed by atoms with van der Waals surface area (Å²) in [7, 11) is 0. The molecule has 3 unspecified atom stereocenters. The fourth-order valence-electron chi connectivity index (χ4n) is 3.49. The number of nitrogens with zero attached hydrogens (tertiary/aromatic N) is 1. The molecule has 92 valence electrons. The lowest BCUT2D eigenvalue weighted by molar-refractivity contribution is 0.503. The van der Waals surface area contributed by atoms with Crippen molar-refractivity contribution in [2.24, 2.45) is 5.92 Å². The molecule has 2 heterocycles. The highest BCUT2D eigenvalue weighted by atomic mass is 15.1. The van der Waals surface area contributed by atoms with Gasteiger partial charge in [-0.05, 0) is 30.9 Å². The molecule has 3 atom stereocenters. The summed E-state index contributed by atoms with van der Waals surface area (Å²) < 4.78 is 0. The Morgan fingerprint density at radius 2 is 2.22 bits per heavy atom. The Morgan fingerprint density at radius 1 is 1.22 bits per heavy atom. The van der Waals surface area contributed by atoms with Gasteiger partial charge >= 0.3 is 0 Å². The molecule has 2 fully saturated rings. The first-order valence-electron chi connectivity index (χ1n) is 6.74. The van der Waals surface area contributed by atoms with Crippen LogP contribution in [0.5, 0.6) is 0 Å². The van der Waals surface area contributed by atoms with Gasteiger partial charge in [0.05, 0.1) is 0 Å². The van der Waals surface area contributed by atoms with E-state index in [0.29, 0.717) is 12.1 Å². The number of nitrogens with one attached hydrogen (secondary N) is 2. The molecule has 1 saturated heterocycles. The van der Waals surface area contributed by atoms with Gasteiger partial charge in [0.1, 0.15) is 0 Å². The number of piperidine rings is 1. The molecule has 1 aliphatic carbocycles. The number of benzene rings is 1.